The Bertz CT molecular complexity index is 855. The van der Waals surface area contributed by atoms with Gasteiger partial charge in [-0.15, -0.1) is 0 Å². The first-order chi connectivity index (χ1) is 10.0. The molecule has 0 saturated carbocycles. The number of anilines is 1. The second-order valence-corrected chi connectivity index (χ2v) is 6.11. The van der Waals surface area contributed by atoms with Gasteiger partial charge < -0.3 is 15.3 Å². The lowest BCUT2D eigenvalue weighted by molar-refractivity contribution is 0.884. The number of H-pyrrole nitrogens is 2. The fourth-order valence-electron chi connectivity index (χ4n) is 2.30. The summed E-state index contributed by atoms with van der Waals surface area (Å²) in [6.07, 6.45) is 0. The van der Waals surface area contributed by atoms with Crippen molar-refractivity contribution in [2.45, 2.75) is 13.0 Å². The molecule has 0 aliphatic carbocycles. The van der Waals surface area contributed by atoms with Gasteiger partial charge in [0.2, 0.25) is 0 Å². The van der Waals surface area contributed by atoms with Gasteiger partial charge in [0.1, 0.15) is 0 Å². The Morgan fingerprint density at radius 1 is 1.19 bits per heavy atom. The van der Waals surface area contributed by atoms with E-state index in [4.69, 9.17) is 11.6 Å². The summed E-state index contributed by atoms with van der Waals surface area (Å²) in [5.41, 5.74) is 3.23. The van der Waals surface area contributed by atoms with Crippen LogP contribution in [-0.4, -0.2) is 9.97 Å². The maximum Gasteiger partial charge on any atom is 0.323 e. The minimum Gasteiger partial charge on any atom is -0.377 e. The summed E-state index contributed by atoms with van der Waals surface area (Å²) in [7, 11) is 0. The minimum absolute atomic E-state index is 0.0399. The molecular formula is C15H13BrClN3O. The minimum atomic E-state index is -0.215. The highest BCUT2D eigenvalue weighted by Gasteiger charge is 2.12. The van der Waals surface area contributed by atoms with E-state index in [-0.39, 0.29) is 11.7 Å². The van der Waals surface area contributed by atoms with Crippen molar-refractivity contribution in [1.82, 2.24) is 9.97 Å². The van der Waals surface area contributed by atoms with Crippen LogP contribution in [0.25, 0.3) is 11.0 Å². The molecule has 0 fully saturated rings. The first-order valence-corrected chi connectivity index (χ1v) is 7.64. The Morgan fingerprint density at radius 2 is 1.86 bits per heavy atom. The quantitative estimate of drug-likeness (QED) is 0.641. The Kier molecular flexibility index (Phi) is 3.78. The molecule has 0 aliphatic rings. The van der Waals surface area contributed by atoms with Crippen molar-refractivity contribution in [2.24, 2.45) is 0 Å². The summed E-state index contributed by atoms with van der Waals surface area (Å²) < 4.78 is 0.879. The Balaban J connectivity index is 1.96. The van der Waals surface area contributed by atoms with E-state index in [0.717, 1.165) is 31.8 Å². The molecule has 0 bridgehead atoms. The van der Waals surface area contributed by atoms with Crippen LogP contribution in [0.15, 0.2) is 45.7 Å². The lowest BCUT2D eigenvalue weighted by atomic mass is 10.1. The summed E-state index contributed by atoms with van der Waals surface area (Å²) in [5.74, 6) is 0. The van der Waals surface area contributed by atoms with E-state index in [1.807, 2.05) is 43.3 Å². The van der Waals surface area contributed by atoms with Gasteiger partial charge in [0, 0.05) is 9.50 Å². The monoisotopic (exact) mass is 365 g/mol. The number of halogens is 2. The van der Waals surface area contributed by atoms with Crippen LogP contribution in [0.4, 0.5) is 5.69 Å². The van der Waals surface area contributed by atoms with Crippen LogP contribution in [0.1, 0.15) is 18.5 Å². The fraction of sp³-hybridized carbons (Fsp3) is 0.133. The summed E-state index contributed by atoms with van der Waals surface area (Å²) in [5, 5.41) is 4.13. The number of imidazole rings is 1. The number of aromatic nitrogens is 2. The van der Waals surface area contributed by atoms with Crippen LogP contribution < -0.4 is 11.0 Å². The van der Waals surface area contributed by atoms with E-state index in [9.17, 15) is 4.79 Å². The van der Waals surface area contributed by atoms with Gasteiger partial charge in [0.25, 0.3) is 0 Å². The normalized spacial score (nSPS) is 12.5. The molecule has 1 atom stereocenters. The van der Waals surface area contributed by atoms with E-state index >= 15 is 0 Å². The topological polar surface area (TPSA) is 60.7 Å². The zero-order chi connectivity index (χ0) is 15.0. The highest BCUT2D eigenvalue weighted by atomic mass is 79.9. The van der Waals surface area contributed by atoms with Crippen LogP contribution in [0.2, 0.25) is 5.02 Å². The Morgan fingerprint density at radius 3 is 2.57 bits per heavy atom. The van der Waals surface area contributed by atoms with Crippen LogP contribution in [0.5, 0.6) is 0 Å². The first kappa shape index (κ1) is 14.2. The number of benzene rings is 2. The number of hydrogen-bond donors (Lipinski definition) is 3. The molecule has 3 rings (SSSR count). The predicted molar refractivity (Wildman–Crippen MR) is 90.1 cm³/mol. The third-order valence-electron chi connectivity index (χ3n) is 3.35. The van der Waals surface area contributed by atoms with Gasteiger partial charge in [0.15, 0.2) is 0 Å². The molecule has 0 radical (unpaired) electrons. The van der Waals surface area contributed by atoms with E-state index in [1.165, 1.54) is 0 Å². The molecule has 3 N–H and O–H groups in total. The lowest BCUT2D eigenvalue weighted by Gasteiger charge is -2.18. The van der Waals surface area contributed by atoms with E-state index < -0.39 is 0 Å². The van der Waals surface area contributed by atoms with Crippen LogP contribution in [0, 0.1) is 0 Å². The fourth-order valence-corrected chi connectivity index (χ4v) is 3.06. The molecule has 1 aromatic heterocycles. The molecule has 4 nitrogen and oxygen atoms in total. The number of hydrogen-bond acceptors (Lipinski definition) is 2. The first-order valence-electron chi connectivity index (χ1n) is 6.47. The molecule has 0 spiro atoms. The molecule has 2 aromatic carbocycles. The SMILES string of the molecule is CC(Nc1cc2[nH]c(=O)[nH]c2cc1Br)c1ccccc1Cl. The van der Waals surface area contributed by atoms with Gasteiger partial charge >= 0.3 is 5.69 Å². The van der Waals surface area contributed by atoms with Crippen molar-refractivity contribution in [3.63, 3.8) is 0 Å². The van der Waals surface area contributed by atoms with Gasteiger partial charge in [-0.3, -0.25) is 0 Å². The van der Waals surface area contributed by atoms with Crippen molar-refractivity contribution >= 4 is 44.3 Å². The van der Waals surface area contributed by atoms with Gasteiger partial charge in [-0.25, -0.2) is 4.79 Å². The Labute approximate surface area is 134 Å². The standard InChI is InChI=1S/C15H13BrClN3O/c1-8(9-4-2-3-5-11(9)17)18-12-7-14-13(6-10(12)16)19-15(21)20-14/h2-8,18H,1H3,(H2,19,20,21). The second-order valence-electron chi connectivity index (χ2n) is 4.84. The summed E-state index contributed by atoms with van der Waals surface area (Å²) in [4.78, 5) is 16.8. The van der Waals surface area contributed by atoms with Crippen LogP contribution in [0.3, 0.4) is 0 Å². The number of fused-ring (bicyclic) bond motifs is 1. The number of aromatic amines is 2. The third kappa shape index (κ3) is 2.84. The third-order valence-corrected chi connectivity index (χ3v) is 4.35. The Hall–Kier alpha value is -1.72. The average molecular weight is 367 g/mol. The molecule has 0 amide bonds. The molecule has 0 saturated heterocycles. The van der Waals surface area contributed by atoms with Crippen molar-refractivity contribution in [2.75, 3.05) is 5.32 Å². The van der Waals surface area contributed by atoms with Crippen molar-refractivity contribution < 1.29 is 0 Å². The summed E-state index contributed by atoms with van der Waals surface area (Å²) in [6, 6.07) is 11.5. The molecule has 3 aromatic rings. The average Bonchev–Trinajstić information content (AvgIpc) is 2.78. The van der Waals surface area contributed by atoms with Crippen LogP contribution >= 0.6 is 27.5 Å². The second kappa shape index (κ2) is 5.58. The maximum atomic E-state index is 11.3. The largest absolute Gasteiger partial charge is 0.377 e. The van der Waals surface area contributed by atoms with Gasteiger partial charge in [-0.2, -0.15) is 0 Å². The molecule has 21 heavy (non-hydrogen) atoms. The number of rotatable bonds is 3. The maximum absolute atomic E-state index is 11.3. The molecular weight excluding hydrogens is 354 g/mol. The van der Waals surface area contributed by atoms with Gasteiger partial charge in [0.05, 0.1) is 22.8 Å². The van der Waals surface area contributed by atoms with Crippen molar-refractivity contribution in [3.8, 4) is 0 Å². The van der Waals surface area contributed by atoms with Crippen LogP contribution in [-0.2, 0) is 0 Å². The molecule has 1 unspecified atom stereocenters. The zero-order valence-corrected chi connectivity index (χ0v) is 13.5. The molecule has 1 heterocycles. The predicted octanol–water partition coefficient (Wildman–Crippen LogP) is 4.45. The van der Waals surface area contributed by atoms with E-state index in [2.05, 4.69) is 31.2 Å². The van der Waals surface area contributed by atoms with Gasteiger partial charge in [-0.1, -0.05) is 29.8 Å². The van der Waals surface area contributed by atoms with Gasteiger partial charge in [-0.05, 0) is 46.6 Å². The van der Waals surface area contributed by atoms with Crippen molar-refractivity contribution in [3.05, 3.63) is 61.9 Å². The highest BCUT2D eigenvalue weighted by Crippen LogP contribution is 2.31. The van der Waals surface area contributed by atoms with Crippen molar-refractivity contribution in [1.29, 1.82) is 0 Å². The van der Waals surface area contributed by atoms with E-state index in [0.29, 0.717) is 0 Å². The summed E-state index contributed by atoms with van der Waals surface area (Å²) in [6.45, 7) is 2.04. The molecule has 0 aliphatic heterocycles. The molecule has 108 valence electrons. The lowest BCUT2D eigenvalue weighted by Crippen LogP contribution is -2.07. The number of nitrogens with one attached hydrogen (secondary N) is 3. The zero-order valence-electron chi connectivity index (χ0n) is 11.2. The molecule has 6 heteroatoms. The smallest absolute Gasteiger partial charge is 0.323 e. The van der Waals surface area contributed by atoms with E-state index in [1.54, 1.807) is 0 Å². The summed E-state index contributed by atoms with van der Waals surface area (Å²) >= 11 is 9.73. The highest BCUT2D eigenvalue weighted by molar-refractivity contribution is 9.10.